The van der Waals surface area contributed by atoms with Crippen LogP contribution in [0.5, 0.6) is 0 Å². The fraction of sp³-hybridized carbons (Fsp3) is 0.529. The number of nitrogens with one attached hydrogen (secondary N) is 1. The number of amides is 2. The van der Waals surface area contributed by atoms with E-state index < -0.39 is 5.82 Å². The highest BCUT2D eigenvalue weighted by Crippen LogP contribution is 2.11. The molecule has 1 heterocycles. The van der Waals surface area contributed by atoms with Gasteiger partial charge in [0, 0.05) is 45.4 Å². The number of carbonyl (C=O) groups excluding carboxylic acids is 2. The third kappa shape index (κ3) is 5.28. The Bertz CT molecular complexity index is 568. The second-order valence-electron chi connectivity index (χ2n) is 5.71. The number of hydrogen-bond donors (Lipinski definition) is 1. The molecule has 0 unspecified atom stereocenters. The molecule has 2 rings (SSSR count). The summed E-state index contributed by atoms with van der Waals surface area (Å²) in [5.41, 5.74) is 0.344. The van der Waals surface area contributed by atoms with Crippen LogP contribution in [0.25, 0.3) is 0 Å². The van der Waals surface area contributed by atoms with E-state index in [-0.39, 0.29) is 18.4 Å². The minimum atomic E-state index is -0.422. The first-order valence-electron chi connectivity index (χ1n) is 8.14. The Morgan fingerprint density at radius 3 is 2.71 bits per heavy atom. The zero-order chi connectivity index (χ0) is 17.4. The molecule has 7 heteroatoms. The highest BCUT2D eigenvalue weighted by molar-refractivity contribution is 5.94. The number of rotatable bonds is 6. The summed E-state index contributed by atoms with van der Waals surface area (Å²) < 4.78 is 18.2. The van der Waals surface area contributed by atoms with Gasteiger partial charge in [0.2, 0.25) is 5.91 Å². The molecule has 24 heavy (non-hydrogen) atoms. The van der Waals surface area contributed by atoms with Crippen LogP contribution in [0.2, 0.25) is 0 Å². The molecule has 1 saturated heterocycles. The van der Waals surface area contributed by atoms with E-state index in [1.165, 1.54) is 18.2 Å². The van der Waals surface area contributed by atoms with Gasteiger partial charge >= 0.3 is 0 Å². The normalized spacial score (nSPS) is 15.2. The van der Waals surface area contributed by atoms with Crippen molar-refractivity contribution in [2.45, 2.75) is 6.42 Å². The summed E-state index contributed by atoms with van der Waals surface area (Å²) >= 11 is 0. The molecule has 1 N–H and O–H groups in total. The number of methoxy groups -OCH3 is 1. The Kier molecular flexibility index (Phi) is 7.14. The van der Waals surface area contributed by atoms with Gasteiger partial charge in [0.25, 0.3) is 5.91 Å². The van der Waals surface area contributed by atoms with E-state index >= 15 is 0 Å². The molecule has 1 fully saturated rings. The van der Waals surface area contributed by atoms with Crippen molar-refractivity contribution in [3.63, 3.8) is 0 Å². The molecule has 0 spiro atoms. The van der Waals surface area contributed by atoms with Gasteiger partial charge in [0.15, 0.2) is 0 Å². The minimum Gasteiger partial charge on any atom is -0.383 e. The number of hydrogen-bond acceptors (Lipinski definition) is 4. The van der Waals surface area contributed by atoms with Gasteiger partial charge in [0.1, 0.15) is 5.82 Å². The van der Waals surface area contributed by atoms with E-state index in [1.807, 2.05) is 0 Å². The summed E-state index contributed by atoms with van der Waals surface area (Å²) in [4.78, 5) is 28.1. The van der Waals surface area contributed by atoms with Crippen LogP contribution in [-0.2, 0) is 9.53 Å². The number of benzene rings is 1. The fourth-order valence-electron chi connectivity index (χ4n) is 2.66. The zero-order valence-electron chi connectivity index (χ0n) is 14.0. The SMILES string of the molecule is COCCNCC(=O)N1CCCN(C(=O)c2cccc(F)c2)CC1. The molecular weight excluding hydrogens is 313 g/mol. The minimum absolute atomic E-state index is 0.0196. The van der Waals surface area contributed by atoms with Crippen LogP contribution >= 0.6 is 0 Å². The maximum atomic E-state index is 13.3. The number of carbonyl (C=O) groups is 2. The molecule has 6 nitrogen and oxygen atoms in total. The Morgan fingerprint density at radius 2 is 1.96 bits per heavy atom. The lowest BCUT2D eigenvalue weighted by Gasteiger charge is -2.22. The van der Waals surface area contributed by atoms with Gasteiger partial charge in [-0.1, -0.05) is 6.07 Å². The van der Waals surface area contributed by atoms with E-state index in [4.69, 9.17) is 4.74 Å². The first-order chi connectivity index (χ1) is 11.6. The summed E-state index contributed by atoms with van der Waals surface area (Å²) in [6.07, 6.45) is 0.713. The molecule has 1 aromatic rings. The lowest BCUT2D eigenvalue weighted by atomic mass is 10.2. The van der Waals surface area contributed by atoms with Crippen LogP contribution in [0.3, 0.4) is 0 Å². The highest BCUT2D eigenvalue weighted by atomic mass is 19.1. The van der Waals surface area contributed by atoms with E-state index in [1.54, 1.807) is 23.0 Å². The monoisotopic (exact) mass is 337 g/mol. The van der Waals surface area contributed by atoms with Crippen LogP contribution in [0.1, 0.15) is 16.8 Å². The van der Waals surface area contributed by atoms with Crippen LogP contribution in [-0.4, -0.2) is 74.6 Å². The number of ether oxygens (including phenoxy) is 1. The maximum absolute atomic E-state index is 13.3. The van der Waals surface area contributed by atoms with Crippen molar-refractivity contribution in [3.05, 3.63) is 35.6 Å². The van der Waals surface area contributed by atoms with Crippen molar-refractivity contribution in [2.75, 3.05) is 53.0 Å². The zero-order valence-corrected chi connectivity index (χ0v) is 14.0. The van der Waals surface area contributed by atoms with Gasteiger partial charge in [0.05, 0.1) is 13.2 Å². The molecule has 0 aromatic heterocycles. The fourth-order valence-corrected chi connectivity index (χ4v) is 2.66. The van der Waals surface area contributed by atoms with E-state index in [0.29, 0.717) is 51.3 Å². The Hall–Kier alpha value is -1.99. The van der Waals surface area contributed by atoms with Crippen molar-refractivity contribution in [3.8, 4) is 0 Å². The number of nitrogens with zero attached hydrogens (tertiary/aromatic N) is 2. The average molecular weight is 337 g/mol. The Morgan fingerprint density at radius 1 is 1.21 bits per heavy atom. The van der Waals surface area contributed by atoms with Crippen molar-refractivity contribution >= 4 is 11.8 Å². The third-order valence-electron chi connectivity index (χ3n) is 3.97. The average Bonchev–Trinajstić information content (AvgIpc) is 2.84. The Balaban J connectivity index is 1.85. The van der Waals surface area contributed by atoms with Crippen LogP contribution in [0.15, 0.2) is 24.3 Å². The van der Waals surface area contributed by atoms with Crippen molar-refractivity contribution in [1.82, 2.24) is 15.1 Å². The van der Waals surface area contributed by atoms with E-state index in [9.17, 15) is 14.0 Å². The van der Waals surface area contributed by atoms with Gasteiger partial charge in [-0.2, -0.15) is 0 Å². The second kappa shape index (κ2) is 9.34. The molecule has 0 saturated carbocycles. The van der Waals surface area contributed by atoms with Crippen LogP contribution < -0.4 is 5.32 Å². The largest absolute Gasteiger partial charge is 0.383 e. The molecule has 1 aromatic carbocycles. The van der Waals surface area contributed by atoms with Crippen molar-refractivity contribution < 1.29 is 18.7 Å². The topological polar surface area (TPSA) is 61.9 Å². The number of halogens is 1. The lowest BCUT2D eigenvalue weighted by Crippen LogP contribution is -2.41. The third-order valence-corrected chi connectivity index (χ3v) is 3.97. The molecule has 0 aliphatic carbocycles. The summed E-state index contributed by atoms with van der Waals surface area (Å²) in [5.74, 6) is -0.595. The summed E-state index contributed by atoms with van der Waals surface area (Å²) in [6.45, 7) is 3.59. The van der Waals surface area contributed by atoms with Gasteiger partial charge in [-0.3, -0.25) is 9.59 Å². The molecule has 0 bridgehead atoms. The first-order valence-corrected chi connectivity index (χ1v) is 8.14. The molecule has 1 aliphatic heterocycles. The molecule has 0 atom stereocenters. The molecule has 2 amide bonds. The lowest BCUT2D eigenvalue weighted by molar-refractivity contribution is -0.130. The van der Waals surface area contributed by atoms with Crippen molar-refractivity contribution in [2.24, 2.45) is 0 Å². The van der Waals surface area contributed by atoms with Gasteiger partial charge in [-0.25, -0.2) is 4.39 Å². The maximum Gasteiger partial charge on any atom is 0.254 e. The predicted octanol–water partition coefficient (Wildman–Crippen LogP) is 0.736. The quantitative estimate of drug-likeness (QED) is 0.778. The molecule has 0 radical (unpaired) electrons. The standard InChI is InChI=1S/C17H24FN3O3/c1-24-11-6-19-13-16(22)20-7-3-8-21(10-9-20)17(23)14-4-2-5-15(18)12-14/h2,4-5,12,19H,3,6-11,13H2,1H3. The second-order valence-corrected chi connectivity index (χ2v) is 5.71. The van der Waals surface area contributed by atoms with Gasteiger partial charge < -0.3 is 19.9 Å². The van der Waals surface area contributed by atoms with Crippen LogP contribution in [0, 0.1) is 5.82 Å². The van der Waals surface area contributed by atoms with Crippen LogP contribution in [0.4, 0.5) is 4.39 Å². The molecular formula is C17H24FN3O3. The van der Waals surface area contributed by atoms with Crippen molar-refractivity contribution in [1.29, 1.82) is 0 Å². The predicted molar refractivity (Wildman–Crippen MR) is 88.2 cm³/mol. The smallest absolute Gasteiger partial charge is 0.254 e. The summed E-state index contributed by atoms with van der Waals surface area (Å²) in [7, 11) is 1.61. The first kappa shape index (κ1) is 18.4. The Labute approximate surface area is 141 Å². The van der Waals surface area contributed by atoms with E-state index in [2.05, 4.69) is 5.32 Å². The van der Waals surface area contributed by atoms with Gasteiger partial charge in [-0.05, 0) is 24.6 Å². The highest BCUT2D eigenvalue weighted by Gasteiger charge is 2.22. The van der Waals surface area contributed by atoms with Gasteiger partial charge in [-0.15, -0.1) is 0 Å². The molecule has 132 valence electrons. The summed E-state index contributed by atoms with van der Waals surface area (Å²) in [5, 5.41) is 3.03. The van der Waals surface area contributed by atoms with E-state index in [0.717, 1.165) is 0 Å². The molecule has 1 aliphatic rings. The summed E-state index contributed by atoms with van der Waals surface area (Å²) in [6, 6.07) is 5.70.